The quantitative estimate of drug-likeness (QED) is 0.698. The Morgan fingerprint density at radius 1 is 1.17 bits per heavy atom. The van der Waals surface area contributed by atoms with Gasteiger partial charge in [0, 0.05) is 19.5 Å². The molecule has 4 nitrogen and oxygen atoms in total. The lowest BCUT2D eigenvalue weighted by molar-refractivity contribution is -0.119. The summed E-state index contributed by atoms with van der Waals surface area (Å²) in [6.45, 7) is 0.600. The summed E-state index contributed by atoms with van der Waals surface area (Å²) >= 11 is 0. The molecule has 5 heteroatoms. The van der Waals surface area contributed by atoms with Gasteiger partial charge in [0.25, 0.3) is 0 Å². The molecular weight excluding hydrogens is 237 g/mol. The van der Waals surface area contributed by atoms with E-state index in [4.69, 9.17) is 10.2 Å². The summed E-state index contributed by atoms with van der Waals surface area (Å²) in [6.07, 6.45) is 0.0278. The number of carbonyl (C=O) groups excluding carboxylic acids is 1. The van der Waals surface area contributed by atoms with Crippen LogP contribution in [-0.2, 0) is 11.2 Å². The van der Waals surface area contributed by atoms with Crippen LogP contribution in [0.3, 0.4) is 0 Å². The van der Waals surface area contributed by atoms with Crippen LogP contribution in [0.1, 0.15) is 5.56 Å². The molecule has 0 bridgehead atoms. The van der Waals surface area contributed by atoms with Crippen molar-refractivity contribution in [2.45, 2.75) is 6.42 Å². The molecule has 0 aromatic heterocycles. The third-order valence-electron chi connectivity index (χ3n) is 2.58. The van der Waals surface area contributed by atoms with Crippen LogP contribution in [0.5, 0.6) is 0 Å². The first-order chi connectivity index (χ1) is 8.67. The van der Waals surface area contributed by atoms with E-state index < -0.39 is 0 Å². The summed E-state index contributed by atoms with van der Waals surface area (Å²) in [5.74, 6) is -0.524. The van der Waals surface area contributed by atoms with Crippen LogP contribution in [0.15, 0.2) is 24.3 Å². The third kappa shape index (κ3) is 4.91. The van der Waals surface area contributed by atoms with Gasteiger partial charge >= 0.3 is 0 Å². The maximum atomic E-state index is 13.3. The van der Waals surface area contributed by atoms with Gasteiger partial charge in [0.05, 0.1) is 19.8 Å². The number of nitrogens with zero attached hydrogens (tertiary/aromatic N) is 1. The molecule has 0 saturated carbocycles. The molecule has 0 aliphatic rings. The van der Waals surface area contributed by atoms with Crippen molar-refractivity contribution in [2.24, 2.45) is 0 Å². The van der Waals surface area contributed by atoms with E-state index in [0.717, 1.165) is 0 Å². The van der Waals surface area contributed by atoms with Crippen molar-refractivity contribution in [2.75, 3.05) is 32.8 Å². The molecule has 18 heavy (non-hydrogen) atoms. The van der Waals surface area contributed by atoms with E-state index in [1.54, 1.807) is 23.1 Å². The van der Waals surface area contributed by atoms with Gasteiger partial charge < -0.3 is 10.2 Å². The molecule has 0 unspecified atom stereocenters. The molecule has 0 aliphatic heterocycles. The Morgan fingerprint density at radius 2 is 1.78 bits per heavy atom. The van der Waals surface area contributed by atoms with Gasteiger partial charge in [-0.2, -0.15) is 0 Å². The Morgan fingerprint density at radius 3 is 2.33 bits per heavy atom. The van der Waals surface area contributed by atoms with E-state index in [1.165, 1.54) is 6.07 Å². The molecule has 0 saturated heterocycles. The molecule has 0 aliphatic carbocycles. The lowest BCUT2D eigenvalue weighted by Crippen LogP contribution is -2.35. The second-order valence-corrected chi connectivity index (χ2v) is 4.03. The van der Waals surface area contributed by atoms with Crippen LogP contribution >= 0.6 is 0 Å². The van der Waals surface area contributed by atoms with Crippen molar-refractivity contribution in [1.82, 2.24) is 4.90 Å². The average Bonchev–Trinajstić information content (AvgIpc) is 2.33. The van der Waals surface area contributed by atoms with Gasteiger partial charge in [0.15, 0.2) is 5.78 Å². The van der Waals surface area contributed by atoms with Crippen LogP contribution in [0.25, 0.3) is 0 Å². The van der Waals surface area contributed by atoms with Gasteiger partial charge in [-0.15, -0.1) is 0 Å². The van der Waals surface area contributed by atoms with E-state index in [-0.39, 0.29) is 37.8 Å². The maximum Gasteiger partial charge on any atom is 0.151 e. The Labute approximate surface area is 106 Å². The molecule has 100 valence electrons. The van der Waals surface area contributed by atoms with Crippen molar-refractivity contribution < 1.29 is 19.4 Å². The molecule has 0 fully saturated rings. The number of hydrogen-bond acceptors (Lipinski definition) is 4. The van der Waals surface area contributed by atoms with E-state index in [0.29, 0.717) is 18.7 Å². The predicted molar refractivity (Wildman–Crippen MR) is 65.7 cm³/mol. The van der Waals surface area contributed by atoms with Gasteiger partial charge in [-0.3, -0.25) is 9.69 Å². The molecule has 0 spiro atoms. The zero-order valence-electron chi connectivity index (χ0n) is 10.2. The van der Waals surface area contributed by atoms with Crippen LogP contribution in [0.2, 0.25) is 0 Å². The summed E-state index contributed by atoms with van der Waals surface area (Å²) in [7, 11) is 0. The third-order valence-corrected chi connectivity index (χ3v) is 2.58. The van der Waals surface area contributed by atoms with Crippen molar-refractivity contribution in [1.29, 1.82) is 0 Å². The van der Waals surface area contributed by atoms with Crippen molar-refractivity contribution in [3.8, 4) is 0 Å². The highest BCUT2D eigenvalue weighted by Gasteiger charge is 2.12. The average molecular weight is 255 g/mol. The molecule has 2 N–H and O–H groups in total. The Bertz CT molecular complexity index is 378. The van der Waals surface area contributed by atoms with Crippen LogP contribution < -0.4 is 0 Å². The first-order valence-electron chi connectivity index (χ1n) is 5.86. The minimum atomic E-state index is -0.387. The number of carbonyl (C=O) groups is 1. The Balaban J connectivity index is 2.52. The smallest absolute Gasteiger partial charge is 0.151 e. The number of benzene rings is 1. The van der Waals surface area contributed by atoms with Gasteiger partial charge in [-0.1, -0.05) is 18.2 Å². The summed E-state index contributed by atoms with van der Waals surface area (Å²) in [4.78, 5) is 13.4. The zero-order valence-corrected chi connectivity index (χ0v) is 10.2. The number of aliphatic hydroxyl groups excluding tert-OH is 2. The first-order valence-corrected chi connectivity index (χ1v) is 5.86. The molecule has 0 amide bonds. The molecule has 1 aromatic rings. The Kier molecular flexibility index (Phi) is 6.49. The largest absolute Gasteiger partial charge is 0.395 e. The van der Waals surface area contributed by atoms with Crippen molar-refractivity contribution >= 4 is 5.78 Å². The minimum Gasteiger partial charge on any atom is -0.395 e. The SMILES string of the molecule is O=C(Cc1ccccc1F)CN(CCO)CCO. The number of rotatable bonds is 8. The summed E-state index contributed by atoms with van der Waals surface area (Å²) in [6, 6.07) is 6.16. The first kappa shape index (κ1) is 14.8. The fourth-order valence-electron chi connectivity index (χ4n) is 1.71. The normalized spacial score (nSPS) is 10.9. The van der Waals surface area contributed by atoms with Gasteiger partial charge in [-0.25, -0.2) is 4.39 Å². The summed E-state index contributed by atoms with van der Waals surface area (Å²) in [5.41, 5.74) is 0.371. The van der Waals surface area contributed by atoms with Crippen LogP contribution in [0, 0.1) is 5.82 Å². The standard InChI is InChI=1S/C13H18FNO3/c14-13-4-2-1-3-11(13)9-12(18)10-15(5-7-16)6-8-17/h1-4,16-17H,5-10H2. The van der Waals surface area contributed by atoms with E-state index in [2.05, 4.69) is 0 Å². The Hall–Kier alpha value is -1.30. The van der Waals surface area contributed by atoms with Crippen LogP contribution in [-0.4, -0.2) is 53.7 Å². The number of halogens is 1. The van der Waals surface area contributed by atoms with E-state index in [9.17, 15) is 9.18 Å². The minimum absolute atomic E-state index is 0.0278. The molecule has 0 heterocycles. The molecule has 1 aromatic carbocycles. The zero-order chi connectivity index (χ0) is 13.4. The molecular formula is C13H18FNO3. The van der Waals surface area contributed by atoms with E-state index in [1.807, 2.05) is 0 Å². The summed E-state index contributed by atoms with van der Waals surface area (Å²) in [5, 5.41) is 17.6. The highest BCUT2D eigenvalue weighted by Crippen LogP contribution is 2.07. The number of ketones is 1. The second-order valence-electron chi connectivity index (χ2n) is 4.03. The lowest BCUT2D eigenvalue weighted by Gasteiger charge is -2.19. The van der Waals surface area contributed by atoms with Crippen molar-refractivity contribution in [3.05, 3.63) is 35.6 Å². The maximum absolute atomic E-state index is 13.3. The fraction of sp³-hybridized carbons (Fsp3) is 0.462. The molecule has 1 rings (SSSR count). The number of Topliss-reactive ketones (excluding diaryl/α,β-unsaturated/α-hetero) is 1. The fourth-order valence-corrected chi connectivity index (χ4v) is 1.71. The second kappa shape index (κ2) is 7.92. The topological polar surface area (TPSA) is 60.8 Å². The predicted octanol–water partition coefficient (Wildman–Crippen LogP) is 0.224. The van der Waals surface area contributed by atoms with Gasteiger partial charge in [0.2, 0.25) is 0 Å². The van der Waals surface area contributed by atoms with Gasteiger partial charge in [0.1, 0.15) is 5.82 Å². The summed E-state index contributed by atoms with van der Waals surface area (Å²) < 4.78 is 13.3. The number of aliphatic hydroxyl groups is 2. The highest BCUT2D eigenvalue weighted by molar-refractivity contribution is 5.82. The molecule has 0 atom stereocenters. The van der Waals surface area contributed by atoms with Crippen molar-refractivity contribution in [3.63, 3.8) is 0 Å². The monoisotopic (exact) mass is 255 g/mol. The highest BCUT2D eigenvalue weighted by atomic mass is 19.1. The van der Waals surface area contributed by atoms with Crippen LogP contribution in [0.4, 0.5) is 4.39 Å². The van der Waals surface area contributed by atoms with E-state index >= 15 is 0 Å². The number of hydrogen-bond donors (Lipinski definition) is 2. The lowest BCUT2D eigenvalue weighted by atomic mass is 10.1. The molecule has 0 radical (unpaired) electrons. The van der Waals surface area contributed by atoms with Gasteiger partial charge in [-0.05, 0) is 11.6 Å².